The summed E-state index contributed by atoms with van der Waals surface area (Å²) in [7, 11) is 0. The number of aromatic amines is 1. The highest BCUT2D eigenvalue weighted by Gasteiger charge is 2.40. The van der Waals surface area contributed by atoms with Crippen LogP contribution < -0.4 is 5.32 Å². The van der Waals surface area contributed by atoms with Gasteiger partial charge in [-0.2, -0.15) is 0 Å². The highest BCUT2D eigenvalue weighted by molar-refractivity contribution is 6.33. The van der Waals surface area contributed by atoms with Crippen LogP contribution in [0.5, 0.6) is 0 Å². The summed E-state index contributed by atoms with van der Waals surface area (Å²) in [5.74, 6) is 0.575. The summed E-state index contributed by atoms with van der Waals surface area (Å²) in [6, 6.07) is 12.0. The number of H-pyrrole nitrogens is 1. The lowest BCUT2D eigenvalue weighted by molar-refractivity contribution is 0.0216. The number of amides is 1. The average Bonchev–Trinajstić information content (AvgIpc) is 3.09. The number of nitrogens with one attached hydrogen (secondary N) is 2. The number of halogens is 1. The molecule has 5 heteroatoms. The molecule has 24 heavy (non-hydrogen) atoms. The number of piperidine rings is 3. The fraction of sp³-hybridized carbons (Fsp3) is 0.421. The number of nitrogens with zero attached hydrogens (tertiary/aromatic N) is 1. The van der Waals surface area contributed by atoms with Crippen molar-refractivity contribution in [3.05, 3.63) is 47.1 Å². The zero-order chi connectivity index (χ0) is 16.7. The highest BCUT2D eigenvalue weighted by Crippen LogP contribution is 2.32. The zero-order valence-corrected chi connectivity index (χ0v) is 14.5. The van der Waals surface area contributed by atoms with Gasteiger partial charge in [-0.15, -0.1) is 0 Å². The first kappa shape index (κ1) is 15.7. The molecule has 2 atom stereocenters. The largest absolute Gasteiger partial charge is 0.351 e. The van der Waals surface area contributed by atoms with Gasteiger partial charge in [0.1, 0.15) is 5.69 Å². The number of fused-ring (bicyclic) bond motifs is 3. The van der Waals surface area contributed by atoms with Gasteiger partial charge in [0, 0.05) is 28.4 Å². The van der Waals surface area contributed by atoms with Crippen LogP contribution in [0.2, 0.25) is 5.02 Å². The van der Waals surface area contributed by atoms with E-state index in [4.69, 9.17) is 11.6 Å². The van der Waals surface area contributed by atoms with Crippen molar-refractivity contribution in [1.82, 2.24) is 15.2 Å². The Labute approximate surface area is 147 Å². The van der Waals surface area contributed by atoms with E-state index < -0.39 is 0 Å². The molecule has 5 rings (SSSR count). The molecule has 4 nitrogen and oxygen atoms in total. The molecule has 0 unspecified atom stereocenters. The van der Waals surface area contributed by atoms with E-state index in [9.17, 15) is 4.79 Å². The van der Waals surface area contributed by atoms with E-state index in [0.717, 1.165) is 24.3 Å². The first-order valence-electron chi connectivity index (χ1n) is 8.62. The third-order valence-corrected chi connectivity index (χ3v) is 5.90. The van der Waals surface area contributed by atoms with E-state index in [0.29, 0.717) is 22.7 Å². The van der Waals surface area contributed by atoms with Gasteiger partial charge >= 0.3 is 0 Å². The fourth-order valence-corrected chi connectivity index (χ4v) is 4.38. The Morgan fingerprint density at radius 2 is 1.96 bits per heavy atom. The minimum absolute atomic E-state index is 0.0288. The summed E-state index contributed by atoms with van der Waals surface area (Å²) in [6.07, 6.45) is 2.37. The first-order valence-corrected chi connectivity index (χ1v) is 9.00. The Bertz CT molecular complexity index is 747. The van der Waals surface area contributed by atoms with Crippen LogP contribution in [0.1, 0.15) is 30.3 Å². The van der Waals surface area contributed by atoms with E-state index in [2.05, 4.69) is 22.1 Å². The normalized spacial score (nSPS) is 28.8. The quantitative estimate of drug-likeness (QED) is 0.895. The molecule has 2 bridgehead atoms. The lowest BCUT2D eigenvalue weighted by atomic mass is 9.79. The minimum atomic E-state index is -0.0288. The molecule has 0 radical (unpaired) electrons. The summed E-state index contributed by atoms with van der Waals surface area (Å²) in [4.78, 5) is 18.4. The maximum Gasteiger partial charge on any atom is 0.267 e. The Hall–Kier alpha value is -1.78. The molecule has 0 saturated carbocycles. The third-order valence-electron chi connectivity index (χ3n) is 5.57. The van der Waals surface area contributed by atoms with Crippen LogP contribution >= 0.6 is 11.6 Å². The molecule has 2 N–H and O–H groups in total. The molecule has 4 heterocycles. The summed E-state index contributed by atoms with van der Waals surface area (Å²) in [6.45, 7) is 4.55. The number of benzene rings is 1. The lowest BCUT2D eigenvalue weighted by Gasteiger charge is -2.49. The second kappa shape index (κ2) is 6.26. The van der Waals surface area contributed by atoms with Gasteiger partial charge in [0.15, 0.2) is 0 Å². The van der Waals surface area contributed by atoms with Crippen molar-refractivity contribution in [2.45, 2.75) is 31.8 Å². The molecular formula is C19H22ClN3O. The van der Waals surface area contributed by atoms with Gasteiger partial charge in [-0.3, -0.25) is 9.69 Å². The number of carbonyl (C=O) groups is 1. The van der Waals surface area contributed by atoms with E-state index in [1.165, 1.54) is 12.8 Å². The van der Waals surface area contributed by atoms with Crippen molar-refractivity contribution < 1.29 is 4.79 Å². The topological polar surface area (TPSA) is 48.1 Å². The second-order valence-electron chi connectivity index (χ2n) is 6.88. The lowest BCUT2D eigenvalue weighted by Crippen LogP contribution is -2.62. The number of hydrogen-bond donors (Lipinski definition) is 2. The van der Waals surface area contributed by atoms with Gasteiger partial charge in [0.25, 0.3) is 5.91 Å². The summed E-state index contributed by atoms with van der Waals surface area (Å²) in [5.41, 5.74) is 2.37. The van der Waals surface area contributed by atoms with Crippen molar-refractivity contribution in [2.75, 3.05) is 13.1 Å². The number of carbonyl (C=O) groups excluding carboxylic acids is 1. The molecule has 1 aromatic carbocycles. The SMILES string of the molecule is C[C@H]1[C@H](NC(=O)c2ccc(-c3ccccc3Cl)[nH]2)C2CCN1CC2. The van der Waals surface area contributed by atoms with Crippen molar-refractivity contribution in [1.29, 1.82) is 0 Å². The maximum absolute atomic E-state index is 12.7. The van der Waals surface area contributed by atoms with Crippen molar-refractivity contribution in [3.8, 4) is 11.3 Å². The van der Waals surface area contributed by atoms with Crippen LogP contribution in [-0.4, -0.2) is 41.0 Å². The highest BCUT2D eigenvalue weighted by atomic mass is 35.5. The molecular weight excluding hydrogens is 322 g/mol. The predicted molar refractivity (Wildman–Crippen MR) is 96.3 cm³/mol. The molecule has 3 aliphatic heterocycles. The summed E-state index contributed by atoms with van der Waals surface area (Å²) < 4.78 is 0. The minimum Gasteiger partial charge on any atom is -0.351 e. The standard InChI is InChI=1S/C19H22ClN3O/c1-12-18(13-8-10-23(12)11-9-13)22-19(24)17-7-6-16(21-17)14-4-2-3-5-15(14)20/h2-7,12-13,18,21H,8-11H2,1H3,(H,22,24)/t12-,18-/m0/s1. The average molecular weight is 344 g/mol. The van der Waals surface area contributed by atoms with Crippen molar-refractivity contribution >= 4 is 17.5 Å². The molecule has 3 saturated heterocycles. The van der Waals surface area contributed by atoms with Gasteiger partial charge < -0.3 is 10.3 Å². The van der Waals surface area contributed by atoms with Crippen molar-refractivity contribution in [3.63, 3.8) is 0 Å². The predicted octanol–water partition coefficient (Wildman–Crippen LogP) is 3.55. The first-order chi connectivity index (χ1) is 11.6. The van der Waals surface area contributed by atoms with E-state index >= 15 is 0 Å². The van der Waals surface area contributed by atoms with E-state index in [1.807, 2.05) is 36.4 Å². The Balaban J connectivity index is 1.51. The maximum atomic E-state index is 12.7. The molecule has 3 aliphatic rings. The van der Waals surface area contributed by atoms with Crippen LogP contribution in [0.4, 0.5) is 0 Å². The van der Waals surface area contributed by atoms with E-state index in [1.54, 1.807) is 0 Å². The van der Waals surface area contributed by atoms with Crippen LogP contribution in [0.3, 0.4) is 0 Å². The van der Waals surface area contributed by atoms with Crippen LogP contribution in [-0.2, 0) is 0 Å². The van der Waals surface area contributed by atoms with Gasteiger partial charge in [0.05, 0.1) is 0 Å². The van der Waals surface area contributed by atoms with Crippen LogP contribution in [0.25, 0.3) is 11.3 Å². The zero-order valence-electron chi connectivity index (χ0n) is 13.8. The molecule has 0 spiro atoms. The summed E-state index contributed by atoms with van der Waals surface area (Å²) >= 11 is 6.24. The summed E-state index contributed by atoms with van der Waals surface area (Å²) in [5, 5.41) is 3.93. The number of hydrogen-bond acceptors (Lipinski definition) is 2. The fourth-order valence-electron chi connectivity index (χ4n) is 4.14. The van der Waals surface area contributed by atoms with Crippen LogP contribution in [0, 0.1) is 5.92 Å². The molecule has 1 aromatic heterocycles. The van der Waals surface area contributed by atoms with Crippen LogP contribution in [0.15, 0.2) is 36.4 Å². The molecule has 1 amide bonds. The van der Waals surface area contributed by atoms with E-state index in [-0.39, 0.29) is 11.9 Å². The smallest absolute Gasteiger partial charge is 0.267 e. The third kappa shape index (κ3) is 2.74. The van der Waals surface area contributed by atoms with Gasteiger partial charge in [-0.05, 0) is 57.0 Å². The number of aromatic nitrogens is 1. The molecule has 3 fully saturated rings. The second-order valence-corrected chi connectivity index (χ2v) is 7.29. The van der Waals surface area contributed by atoms with Crippen molar-refractivity contribution in [2.24, 2.45) is 5.92 Å². The van der Waals surface area contributed by atoms with Gasteiger partial charge in [-0.25, -0.2) is 0 Å². The monoisotopic (exact) mass is 343 g/mol. The van der Waals surface area contributed by atoms with Gasteiger partial charge in [0.2, 0.25) is 0 Å². The Morgan fingerprint density at radius 1 is 1.21 bits per heavy atom. The number of rotatable bonds is 3. The Kier molecular flexibility index (Phi) is 4.10. The molecule has 2 aromatic rings. The molecule has 126 valence electrons. The Morgan fingerprint density at radius 3 is 2.67 bits per heavy atom. The van der Waals surface area contributed by atoms with Gasteiger partial charge in [-0.1, -0.05) is 29.8 Å². The molecule has 0 aliphatic carbocycles.